The largest absolute Gasteiger partial charge is 0.490 e. The molecule has 0 spiro atoms. The molecule has 0 heterocycles. The molecular formula is C21H29NO3. The van der Waals surface area contributed by atoms with Crippen molar-refractivity contribution < 1.29 is 14.2 Å². The second-order valence-electron chi connectivity index (χ2n) is 6.71. The number of benzene rings is 1. The Labute approximate surface area is 150 Å². The van der Waals surface area contributed by atoms with E-state index in [1.54, 1.807) is 7.11 Å². The van der Waals surface area contributed by atoms with Crippen LogP contribution in [0.1, 0.15) is 37.7 Å². The van der Waals surface area contributed by atoms with Gasteiger partial charge in [-0.2, -0.15) is 0 Å². The monoisotopic (exact) mass is 343 g/mol. The molecule has 3 rings (SSSR count). The van der Waals surface area contributed by atoms with Crippen molar-refractivity contribution in [3.8, 4) is 0 Å². The zero-order chi connectivity index (χ0) is 17.3. The van der Waals surface area contributed by atoms with Crippen molar-refractivity contribution in [2.75, 3.05) is 26.9 Å². The van der Waals surface area contributed by atoms with Gasteiger partial charge in [0.25, 0.3) is 0 Å². The summed E-state index contributed by atoms with van der Waals surface area (Å²) in [5.74, 6) is 1.86. The minimum Gasteiger partial charge on any atom is -0.490 e. The molecule has 25 heavy (non-hydrogen) atoms. The average Bonchev–Trinajstić information content (AvgIpc) is 3.48. The minimum absolute atomic E-state index is 0.588. The van der Waals surface area contributed by atoms with Crippen LogP contribution in [0.4, 0.5) is 0 Å². The van der Waals surface area contributed by atoms with Gasteiger partial charge < -0.3 is 19.5 Å². The SMILES string of the molecule is COCCCOC1=C(OCc2ccccc2)CCC(CNC2CC2)=C1. The lowest BCUT2D eigenvalue weighted by Crippen LogP contribution is -2.21. The van der Waals surface area contributed by atoms with E-state index in [-0.39, 0.29) is 0 Å². The van der Waals surface area contributed by atoms with E-state index in [9.17, 15) is 0 Å². The summed E-state index contributed by atoms with van der Waals surface area (Å²) < 4.78 is 17.2. The predicted octanol–water partition coefficient (Wildman–Crippen LogP) is 3.94. The number of nitrogens with one attached hydrogen (secondary N) is 1. The van der Waals surface area contributed by atoms with Crippen LogP contribution in [0.15, 0.2) is 53.5 Å². The van der Waals surface area contributed by atoms with Crippen LogP contribution in [0.3, 0.4) is 0 Å². The Balaban J connectivity index is 1.60. The Bertz CT molecular complexity index is 590. The molecule has 4 heteroatoms. The molecule has 0 radical (unpaired) electrons. The van der Waals surface area contributed by atoms with Gasteiger partial charge >= 0.3 is 0 Å². The summed E-state index contributed by atoms with van der Waals surface area (Å²) in [5.41, 5.74) is 2.58. The number of allylic oxidation sites excluding steroid dienone is 2. The van der Waals surface area contributed by atoms with Crippen molar-refractivity contribution in [3.05, 3.63) is 59.1 Å². The highest BCUT2D eigenvalue weighted by atomic mass is 16.5. The third-order valence-corrected chi connectivity index (χ3v) is 4.48. The van der Waals surface area contributed by atoms with Gasteiger partial charge in [0.2, 0.25) is 0 Å². The zero-order valence-corrected chi connectivity index (χ0v) is 15.1. The molecule has 0 amide bonds. The summed E-state index contributed by atoms with van der Waals surface area (Å²) >= 11 is 0. The van der Waals surface area contributed by atoms with Gasteiger partial charge in [-0.1, -0.05) is 35.9 Å². The first-order chi connectivity index (χ1) is 12.3. The summed E-state index contributed by atoms with van der Waals surface area (Å²) in [6, 6.07) is 11.0. The van der Waals surface area contributed by atoms with Gasteiger partial charge in [-0.05, 0) is 30.9 Å². The van der Waals surface area contributed by atoms with Crippen molar-refractivity contribution in [1.29, 1.82) is 0 Å². The zero-order valence-electron chi connectivity index (χ0n) is 15.1. The molecule has 1 fully saturated rings. The molecule has 4 nitrogen and oxygen atoms in total. The molecular weight excluding hydrogens is 314 g/mol. The fourth-order valence-corrected chi connectivity index (χ4v) is 2.83. The molecule has 1 aromatic rings. The smallest absolute Gasteiger partial charge is 0.156 e. The molecule has 0 atom stereocenters. The fraction of sp³-hybridized carbons (Fsp3) is 0.524. The van der Waals surface area contributed by atoms with Crippen LogP contribution in [0.5, 0.6) is 0 Å². The highest BCUT2D eigenvalue weighted by Gasteiger charge is 2.22. The summed E-state index contributed by atoms with van der Waals surface area (Å²) in [5, 5.41) is 3.59. The number of hydrogen-bond donors (Lipinski definition) is 1. The molecule has 0 unspecified atom stereocenters. The Morgan fingerprint density at radius 1 is 1.04 bits per heavy atom. The first kappa shape index (κ1) is 18.0. The third-order valence-electron chi connectivity index (χ3n) is 4.48. The van der Waals surface area contributed by atoms with Gasteiger partial charge in [0.15, 0.2) is 5.76 Å². The van der Waals surface area contributed by atoms with Gasteiger partial charge in [-0.15, -0.1) is 0 Å². The predicted molar refractivity (Wildman–Crippen MR) is 99.0 cm³/mol. The van der Waals surface area contributed by atoms with Gasteiger partial charge in [0.05, 0.1) is 6.61 Å². The lowest BCUT2D eigenvalue weighted by Gasteiger charge is -2.21. The van der Waals surface area contributed by atoms with E-state index in [1.165, 1.54) is 24.0 Å². The molecule has 136 valence electrons. The minimum atomic E-state index is 0.588. The van der Waals surface area contributed by atoms with Crippen molar-refractivity contribution in [1.82, 2.24) is 5.32 Å². The maximum atomic E-state index is 6.08. The lowest BCUT2D eigenvalue weighted by molar-refractivity contribution is 0.122. The summed E-state index contributed by atoms with van der Waals surface area (Å²) in [7, 11) is 1.72. The Morgan fingerprint density at radius 2 is 1.88 bits per heavy atom. The number of hydrogen-bond acceptors (Lipinski definition) is 4. The first-order valence-electron chi connectivity index (χ1n) is 9.29. The van der Waals surface area contributed by atoms with Crippen LogP contribution >= 0.6 is 0 Å². The molecule has 2 aliphatic rings. The highest BCUT2D eigenvalue weighted by molar-refractivity contribution is 5.28. The van der Waals surface area contributed by atoms with E-state index in [4.69, 9.17) is 14.2 Å². The quantitative estimate of drug-likeness (QED) is 0.618. The van der Waals surface area contributed by atoms with E-state index in [0.717, 1.165) is 43.4 Å². The number of rotatable bonds is 11. The van der Waals surface area contributed by atoms with Crippen LogP contribution in [0, 0.1) is 0 Å². The van der Waals surface area contributed by atoms with Gasteiger partial charge in [-0.25, -0.2) is 0 Å². The molecule has 0 aromatic heterocycles. The topological polar surface area (TPSA) is 39.7 Å². The van der Waals surface area contributed by atoms with E-state index in [2.05, 4.69) is 23.5 Å². The Hall–Kier alpha value is -1.78. The molecule has 1 saturated carbocycles. The second-order valence-corrected chi connectivity index (χ2v) is 6.71. The third kappa shape index (κ3) is 6.22. The summed E-state index contributed by atoms with van der Waals surface area (Å²) in [6.07, 6.45) is 7.63. The van der Waals surface area contributed by atoms with Crippen molar-refractivity contribution >= 4 is 0 Å². The van der Waals surface area contributed by atoms with E-state index < -0.39 is 0 Å². The molecule has 1 N–H and O–H groups in total. The standard InChI is InChI=1S/C21H29NO3/c1-23-12-5-13-24-21-14-18(15-22-19-9-10-19)8-11-20(21)25-16-17-6-3-2-4-7-17/h2-4,6-7,14,19,22H,5,8-13,15-16H2,1H3. The maximum absolute atomic E-state index is 6.08. The van der Waals surface area contributed by atoms with Crippen LogP contribution in [0.2, 0.25) is 0 Å². The van der Waals surface area contributed by atoms with Crippen molar-refractivity contribution in [2.24, 2.45) is 0 Å². The average molecular weight is 343 g/mol. The first-order valence-corrected chi connectivity index (χ1v) is 9.29. The maximum Gasteiger partial charge on any atom is 0.156 e. The van der Waals surface area contributed by atoms with E-state index >= 15 is 0 Å². The molecule has 0 aliphatic heterocycles. The van der Waals surface area contributed by atoms with Gasteiger partial charge in [0.1, 0.15) is 12.4 Å². The van der Waals surface area contributed by atoms with Gasteiger partial charge in [-0.3, -0.25) is 0 Å². The van der Waals surface area contributed by atoms with Crippen molar-refractivity contribution in [3.63, 3.8) is 0 Å². The highest BCUT2D eigenvalue weighted by Crippen LogP contribution is 2.27. The van der Waals surface area contributed by atoms with Gasteiger partial charge in [0, 0.05) is 39.1 Å². The molecule has 2 aliphatic carbocycles. The number of methoxy groups -OCH3 is 1. The second kappa shape index (κ2) is 9.64. The fourth-order valence-electron chi connectivity index (χ4n) is 2.83. The van der Waals surface area contributed by atoms with Crippen LogP contribution in [-0.4, -0.2) is 32.9 Å². The Kier molecular flexibility index (Phi) is 6.95. The van der Waals surface area contributed by atoms with Crippen molar-refractivity contribution in [2.45, 2.75) is 44.8 Å². The van der Waals surface area contributed by atoms with Crippen LogP contribution in [-0.2, 0) is 20.8 Å². The van der Waals surface area contributed by atoms with Crippen LogP contribution in [0.25, 0.3) is 0 Å². The Morgan fingerprint density at radius 3 is 2.64 bits per heavy atom. The normalized spacial score (nSPS) is 17.4. The molecule has 1 aromatic carbocycles. The summed E-state index contributed by atoms with van der Waals surface area (Å²) in [4.78, 5) is 0. The summed E-state index contributed by atoms with van der Waals surface area (Å²) in [6.45, 7) is 2.92. The number of ether oxygens (including phenoxy) is 3. The lowest BCUT2D eigenvalue weighted by atomic mass is 10.0. The molecule has 0 bridgehead atoms. The van der Waals surface area contributed by atoms with Crippen LogP contribution < -0.4 is 5.32 Å². The van der Waals surface area contributed by atoms with E-state index in [0.29, 0.717) is 19.8 Å². The van der Waals surface area contributed by atoms with E-state index in [1.807, 2.05) is 18.2 Å². The molecule has 0 saturated heterocycles.